The Morgan fingerprint density at radius 3 is 2.12 bits per heavy atom. The van der Waals surface area contributed by atoms with E-state index < -0.39 is 0 Å². The van der Waals surface area contributed by atoms with Crippen LogP contribution in [0.2, 0.25) is 0 Å². The lowest BCUT2D eigenvalue weighted by Crippen LogP contribution is -3.13. The lowest BCUT2D eigenvalue weighted by atomic mass is 9.34. The van der Waals surface area contributed by atoms with Gasteiger partial charge in [-0.3, -0.25) is 9.80 Å². The number of hydrogen-bond acceptors (Lipinski definition) is 6. The summed E-state index contributed by atoms with van der Waals surface area (Å²) in [5.41, 5.74) is 2.03. The van der Waals surface area contributed by atoms with Gasteiger partial charge >= 0.3 is 11.9 Å². The van der Waals surface area contributed by atoms with Gasteiger partial charge < -0.3 is 20.1 Å². The average molecular weight is 709 g/mol. The Kier molecular flexibility index (Phi) is 11.2. The molecule has 0 saturated heterocycles. The summed E-state index contributed by atoms with van der Waals surface area (Å²) in [6.45, 7) is 27.5. The van der Waals surface area contributed by atoms with Crippen LogP contribution >= 0.6 is 0 Å². The SMILES string of the molecule is C=C(C)[C@@H]1CC[C@]2(COC(=O)C(C)[NH+]3C=CNCC3)CC[C@]3(C)C(CCC4[C@@](C)(CC[C@@H](C)OC(=O)C(C)[NH+]5C=CNCC5)C(C)CC[C@]43C)C12. The molecular formula is C43H72N4O4+2. The number of carbonyl (C=O) groups is 2. The van der Waals surface area contributed by atoms with Crippen LogP contribution in [-0.4, -0.2) is 62.9 Å². The van der Waals surface area contributed by atoms with Crippen molar-refractivity contribution in [2.75, 3.05) is 32.8 Å². The van der Waals surface area contributed by atoms with Crippen LogP contribution in [0.15, 0.2) is 37.0 Å². The summed E-state index contributed by atoms with van der Waals surface area (Å²) in [4.78, 5) is 29.0. The minimum Gasteiger partial charge on any atom is -0.461 e. The Bertz CT molecular complexity index is 1360. The quantitative estimate of drug-likeness (QED) is 0.183. The summed E-state index contributed by atoms with van der Waals surface area (Å²) in [5, 5.41) is 6.47. The second-order valence-corrected chi connectivity index (χ2v) is 19.0. The van der Waals surface area contributed by atoms with E-state index in [-0.39, 0.29) is 51.8 Å². The maximum Gasteiger partial charge on any atom is 0.365 e. The molecule has 0 aromatic rings. The van der Waals surface area contributed by atoms with Gasteiger partial charge in [0.05, 0.1) is 51.3 Å². The van der Waals surface area contributed by atoms with Gasteiger partial charge in [0.2, 0.25) is 0 Å². The first kappa shape index (κ1) is 38.4. The van der Waals surface area contributed by atoms with E-state index in [1.54, 1.807) is 0 Å². The first-order chi connectivity index (χ1) is 24.2. The summed E-state index contributed by atoms with van der Waals surface area (Å²) in [5.74, 6) is 2.76. The molecule has 6 rings (SSSR count). The Balaban J connectivity index is 1.17. The third-order valence-electron chi connectivity index (χ3n) is 16.7. The number of carbonyl (C=O) groups excluding carboxylic acids is 2. The van der Waals surface area contributed by atoms with Crippen LogP contribution in [0.4, 0.5) is 0 Å². The number of esters is 2. The van der Waals surface area contributed by atoms with Crippen LogP contribution < -0.4 is 20.4 Å². The van der Waals surface area contributed by atoms with Crippen molar-refractivity contribution in [1.82, 2.24) is 10.6 Å². The van der Waals surface area contributed by atoms with Crippen molar-refractivity contribution in [3.05, 3.63) is 37.0 Å². The van der Waals surface area contributed by atoms with E-state index >= 15 is 0 Å². The molecule has 8 nitrogen and oxygen atoms in total. The molecule has 4 saturated carbocycles. The van der Waals surface area contributed by atoms with Gasteiger partial charge in [-0.15, -0.1) is 0 Å². The van der Waals surface area contributed by atoms with E-state index in [0.29, 0.717) is 36.2 Å². The van der Waals surface area contributed by atoms with Crippen LogP contribution in [0.3, 0.4) is 0 Å². The Morgan fingerprint density at radius 1 is 0.863 bits per heavy atom. The molecule has 0 radical (unpaired) electrons. The van der Waals surface area contributed by atoms with Gasteiger partial charge in [-0.1, -0.05) is 39.8 Å². The molecule has 0 bridgehead atoms. The Hall–Kier alpha value is -2.32. The largest absolute Gasteiger partial charge is 0.461 e. The van der Waals surface area contributed by atoms with Crippen molar-refractivity contribution in [1.29, 1.82) is 0 Å². The monoisotopic (exact) mass is 709 g/mol. The number of ether oxygens (including phenoxy) is 2. The number of hydrogen-bond donors (Lipinski definition) is 4. The maximum absolute atomic E-state index is 13.5. The molecule has 0 aromatic carbocycles. The predicted octanol–water partition coefficient (Wildman–Crippen LogP) is 4.79. The molecule has 51 heavy (non-hydrogen) atoms. The summed E-state index contributed by atoms with van der Waals surface area (Å²) >= 11 is 0. The molecule has 8 heteroatoms. The van der Waals surface area contributed by atoms with Gasteiger partial charge in [0.15, 0.2) is 12.1 Å². The fraction of sp³-hybridized carbons (Fsp3) is 0.814. The molecule has 286 valence electrons. The van der Waals surface area contributed by atoms with Crippen LogP contribution in [0.25, 0.3) is 0 Å². The zero-order valence-electron chi connectivity index (χ0n) is 33.4. The molecule has 6 aliphatic rings. The average Bonchev–Trinajstić information content (AvgIpc) is 3.52. The highest BCUT2D eigenvalue weighted by atomic mass is 16.5. The first-order valence-electron chi connectivity index (χ1n) is 20.7. The third kappa shape index (κ3) is 6.83. The van der Waals surface area contributed by atoms with Crippen molar-refractivity contribution in [2.45, 2.75) is 138 Å². The van der Waals surface area contributed by atoms with Crippen LogP contribution in [0.1, 0.15) is 120 Å². The molecule has 8 unspecified atom stereocenters. The highest BCUT2D eigenvalue weighted by Gasteiger charge is 2.69. The fourth-order valence-corrected chi connectivity index (χ4v) is 12.8. The molecule has 0 spiro atoms. The van der Waals surface area contributed by atoms with Gasteiger partial charge in [-0.25, -0.2) is 9.59 Å². The molecule has 4 fully saturated rings. The highest BCUT2D eigenvalue weighted by molar-refractivity contribution is 5.74. The van der Waals surface area contributed by atoms with Crippen LogP contribution in [-0.2, 0) is 19.1 Å². The van der Waals surface area contributed by atoms with Gasteiger partial charge in [-0.2, -0.15) is 0 Å². The van der Waals surface area contributed by atoms with Crippen LogP contribution in [0.5, 0.6) is 0 Å². The highest BCUT2D eigenvalue weighted by Crippen LogP contribution is 2.75. The molecule has 14 atom stereocenters. The standard InChI is InChI=1S/C43H70N4O4/c1-29(2)34-14-17-43(28-50-38(48)32(5)46-24-20-44-21-25-46)19-18-41(8)35(37(34)43)10-11-36-40(7,30(3)12-16-42(36,41)9)15-13-31(4)51-39(49)33(6)47-26-22-45-23-27-47/h20,22,24,26,30-37,44-45H,1,10-19,21,23,25,27-28H2,2-9H3/p+2/t30?,31-,32?,33?,34+,35?,36?,37?,40+,41-,42-,43-/m1/s1. The Morgan fingerprint density at radius 2 is 1.51 bits per heavy atom. The lowest BCUT2D eigenvalue weighted by molar-refractivity contribution is -0.863. The topological polar surface area (TPSA) is 85.5 Å². The molecule has 0 aromatic heterocycles. The number of nitrogens with one attached hydrogen (secondary N) is 4. The van der Waals surface area contributed by atoms with Gasteiger partial charge in [0.1, 0.15) is 12.4 Å². The summed E-state index contributed by atoms with van der Waals surface area (Å²) in [6.07, 6.45) is 19.7. The van der Waals surface area contributed by atoms with Gasteiger partial charge in [-0.05, 0) is 138 Å². The molecule has 0 amide bonds. The van der Waals surface area contributed by atoms with E-state index in [9.17, 15) is 9.59 Å². The molecule has 2 aliphatic heterocycles. The molecule has 4 N–H and O–H groups in total. The van der Waals surface area contributed by atoms with E-state index in [0.717, 1.165) is 56.8 Å². The zero-order valence-corrected chi connectivity index (χ0v) is 33.4. The normalized spacial score (nSPS) is 43.3. The minimum atomic E-state index is -0.193. The van der Waals surface area contributed by atoms with Crippen molar-refractivity contribution in [2.24, 2.45) is 51.2 Å². The lowest BCUT2D eigenvalue weighted by Gasteiger charge is -2.70. The van der Waals surface area contributed by atoms with Gasteiger partial charge in [0.25, 0.3) is 0 Å². The van der Waals surface area contributed by atoms with E-state index in [2.05, 4.69) is 65.0 Å². The number of fused-ring (bicyclic) bond motifs is 5. The van der Waals surface area contributed by atoms with Crippen molar-refractivity contribution in [3.8, 4) is 0 Å². The van der Waals surface area contributed by atoms with Crippen molar-refractivity contribution >= 4 is 11.9 Å². The van der Waals surface area contributed by atoms with E-state index in [4.69, 9.17) is 9.47 Å². The molecule has 2 heterocycles. The van der Waals surface area contributed by atoms with Gasteiger partial charge in [0, 0.05) is 5.41 Å². The fourth-order valence-electron chi connectivity index (χ4n) is 12.8. The minimum absolute atomic E-state index is 0.0465. The van der Waals surface area contributed by atoms with Crippen molar-refractivity contribution in [3.63, 3.8) is 0 Å². The van der Waals surface area contributed by atoms with Crippen molar-refractivity contribution < 1.29 is 28.9 Å². The summed E-state index contributed by atoms with van der Waals surface area (Å²) < 4.78 is 12.5. The smallest absolute Gasteiger partial charge is 0.365 e. The third-order valence-corrected chi connectivity index (χ3v) is 16.7. The van der Waals surface area contributed by atoms with Crippen LogP contribution in [0, 0.1) is 51.2 Å². The number of allylic oxidation sites excluding steroid dienone is 1. The second-order valence-electron chi connectivity index (χ2n) is 19.0. The summed E-state index contributed by atoms with van der Waals surface area (Å²) in [7, 11) is 0. The van der Waals surface area contributed by atoms with E-state index in [1.807, 2.05) is 32.4 Å². The predicted molar refractivity (Wildman–Crippen MR) is 202 cm³/mol. The first-order valence-corrected chi connectivity index (χ1v) is 20.7. The zero-order chi connectivity index (χ0) is 36.8. The summed E-state index contributed by atoms with van der Waals surface area (Å²) in [6, 6.07) is -0.385. The Labute approximate surface area is 309 Å². The molecule has 4 aliphatic carbocycles. The number of quaternary nitrogens is 2. The molecular weight excluding hydrogens is 636 g/mol. The maximum atomic E-state index is 13.5. The number of rotatable bonds is 11. The van der Waals surface area contributed by atoms with E-state index in [1.165, 1.54) is 49.0 Å². The second kappa shape index (κ2) is 14.8.